The van der Waals surface area contributed by atoms with E-state index in [0.717, 1.165) is 25.9 Å². The molecule has 1 amide bonds. The molecule has 0 aromatic carbocycles. The Morgan fingerprint density at radius 3 is 2.64 bits per heavy atom. The van der Waals surface area contributed by atoms with Gasteiger partial charge in [-0.25, -0.2) is 5.43 Å². The van der Waals surface area contributed by atoms with Crippen LogP contribution in [-0.2, 0) is 4.79 Å². The summed E-state index contributed by atoms with van der Waals surface area (Å²) in [5.41, 5.74) is 5.43. The van der Waals surface area contributed by atoms with E-state index in [1.54, 1.807) is 7.05 Å². The van der Waals surface area contributed by atoms with Crippen molar-refractivity contribution >= 4 is 5.91 Å². The lowest BCUT2D eigenvalue weighted by Gasteiger charge is -2.21. The highest BCUT2D eigenvalue weighted by atomic mass is 16.2. The Kier molecular flexibility index (Phi) is 2.49. The number of likely N-dealkylation sites (tertiary alicyclic amines) is 1. The maximum absolute atomic E-state index is 11.8. The summed E-state index contributed by atoms with van der Waals surface area (Å²) in [5, 5.41) is 0. The number of hydrogen-bond acceptors (Lipinski definition) is 3. The molecule has 14 heavy (non-hydrogen) atoms. The number of rotatable bonds is 3. The van der Waals surface area contributed by atoms with Crippen LogP contribution in [0.15, 0.2) is 0 Å². The third kappa shape index (κ3) is 1.53. The second-order valence-corrected chi connectivity index (χ2v) is 4.61. The van der Waals surface area contributed by atoms with Crippen LogP contribution < -0.4 is 10.9 Å². The number of hydrogen-bond donors (Lipinski definition) is 2. The molecule has 2 N–H and O–H groups in total. The van der Waals surface area contributed by atoms with E-state index in [2.05, 4.69) is 22.8 Å². The molecule has 1 aliphatic carbocycles. The van der Waals surface area contributed by atoms with Gasteiger partial charge in [0, 0.05) is 13.6 Å². The molecule has 2 rings (SSSR count). The minimum absolute atomic E-state index is 0.0340. The van der Waals surface area contributed by atoms with E-state index in [9.17, 15) is 4.79 Å². The van der Waals surface area contributed by atoms with Crippen LogP contribution in [0.1, 0.15) is 19.3 Å². The Morgan fingerprint density at radius 2 is 2.21 bits per heavy atom. The van der Waals surface area contributed by atoms with Gasteiger partial charge in [-0.05, 0) is 38.8 Å². The van der Waals surface area contributed by atoms with E-state index < -0.39 is 0 Å². The molecular weight excluding hydrogens is 178 g/mol. The van der Waals surface area contributed by atoms with E-state index in [4.69, 9.17) is 0 Å². The average Bonchev–Trinajstić information content (AvgIpc) is 2.85. The number of hydrazine groups is 1. The normalized spacial score (nSPS) is 30.3. The minimum atomic E-state index is -0.0340. The van der Waals surface area contributed by atoms with E-state index in [-0.39, 0.29) is 11.3 Å². The molecule has 1 heterocycles. The third-order valence-electron chi connectivity index (χ3n) is 3.65. The van der Waals surface area contributed by atoms with E-state index in [1.165, 1.54) is 6.42 Å². The molecule has 4 nitrogen and oxygen atoms in total. The smallest absolute Gasteiger partial charge is 0.240 e. The number of amides is 1. The Labute approximate surface area is 85.0 Å². The highest BCUT2D eigenvalue weighted by Gasteiger charge is 2.56. The standard InChI is InChI=1S/C10H19N3O/c1-11-12-9(14)10(4-5-10)8-3-6-13(2)7-8/h8,11H,3-7H2,1-2H3,(H,12,14). The second kappa shape index (κ2) is 3.51. The van der Waals surface area contributed by atoms with Gasteiger partial charge in [0.15, 0.2) is 0 Å². The van der Waals surface area contributed by atoms with Crippen LogP contribution in [0.25, 0.3) is 0 Å². The van der Waals surface area contributed by atoms with Gasteiger partial charge in [-0.3, -0.25) is 10.2 Å². The maximum atomic E-state index is 11.8. The molecule has 1 saturated heterocycles. The largest absolute Gasteiger partial charge is 0.306 e. The molecule has 1 saturated carbocycles. The average molecular weight is 197 g/mol. The lowest BCUT2D eigenvalue weighted by molar-refractivity contribution is -0.129. The van der Waals surface area contributed by atoms with Crippen molar-refractivity contribution in [1.29, 1.82) is 0 Å². The molecule has 0 aromatic rings. The van der Waals surface area contributed by atoms with Gasteiger partial charge in [0.05, 0.1) is 5.41 Å². The Hall–Kier alpha value is -0.610. The van der Waals surface area contributed by atoms with Crippen LogP contribution in [0.3, 0.4) is 0 Å². The van der Waals surface area contributed by atoms with E-state index in [0.29, 0.717) is 5.92 Å². The Morgan fingerprint density at radius 1 is 1.50 bits per heavy atom. The van der Waals surface area contributed by atoms with Crippen LogP contribution in [0.2, 0.25) is 0 Å². The summed E-state index contributed by atoms with van der Waals surface area (Å²) < 4.78 is 0. The van der Waals surface area contributed by atoms with Crippen molar-refractivity contribution in [1.82, 2.24) is 15.8 Å². The zero-order valence-corrected chi connectivity index (χ0v) is 8.97. The van der Waals surface area contributed by atoms with Crippen LogP contribution >= 0.6 is 0 Å². The summed E-state index contributed by atoms with van der Waals surface area (Å²) in [6.45, 7) is 2.22. The molecule has 1 atom stereocenters. The van der Waals surface area contributed by atoms with Crippen molar-refractivity contribution < 1.29 is 4.79 Å². The molecule has 0 radical (unpaired) electrons. The van der Waals surface area contributed by atoms with Gasteiger partial charge in [0.2, 0.25) is 5.91 Å². The molecule has 1 aliphatic heterocycles. The quantitative estimate of drug-likeness (QED) is 0.624. The summed E-state index contributed by atoms with van der Waals surface area (Å²) in [6.07, 6.45) is 3.31. The molecule has 2 fully saturated rings. The zero-order chi connectivity index (χ0) is 10.2. The highest BCUT2D eigenvalue weighted by Crippen LogP contribution is 2.54. The summed E-state index contributed by atoms with van der Waals surface area (Å²) >= 11 is 0. The summed E-state index contributed by atoms with van der Waals surface area (Å²) in [5.74, 6) is 0.765. The highest BCUT2D eigenvalue weighted by molar-refractivity contribution is 5.85. The molecule has 4 heteroatoms. The van der Waals surface area contributed by atoms with Gasteiger partial charge < -0.3 is 4.90 Å². The first-order chi connectivity index (χ1) is 6.69. The van der Waals surface area contributed by atoms with Crippen molar-refractivity contribution in [2.45, 2.75) is 19.3 Å². The molecule has 1 unspecified atom stereocenters. The fraction of sp³-hybridized carbons (Fsp3) is 0.900. The molecule has 0 aromatic heterocycles. The molecule has 2 aliphatic rings. The number of nitrogens with zero attached hydrogens (tertiary/aromatic N) is 1. The topological polar surface area (TPSA) is 44.4 Å². The van der Waals surface area contributed by atoms with Gasteiger partial charge in [-0.2, -0.15) is 0 Å². The predicted molar refractivity (Wildman–Crippen MR) is 54.5 cm³/mol. The van der Waals surface area contributed by atoms with Crippen molar-refractivity contribution in [2.24, 2.45) is 11.3 Å². The van der Waals surface area contributed by atoms with Crippen molar-refractivity contribution in [3.63, 3.8) is 0 Å². The van der Waals surface area contributed by atoms with Crippen molar-refractivity contribution in [3.8, 4) is 0 Å². The van der Waals surface area contributed by atoms with Gasteiger partial charge in [0.1, 0.15) is 0 Å². The minimum Gasteiger partial charge on any atom is -0.306 e. The maximum Gasteiger partial charge on any atom is 0.240 e. The first kappa shape index (κ1) is 9.93. The van der Waals surface area contributed by atoms with Crippen LogP contribution in [0.5, 0.6) is 0 Å². The summed E-state index contributed by atoms with van der Waals surface area (Å²) in [7, 11) is 3.88. The van der Waals surface area contributed by atoms with Gasteiger partial charge >= 0.3 is 0 Å². The fourth-order valence-corrected chi connectivity index (χ4v) is 2.58. The van der Waals surface area contributed by atoms with Gasteiger partial charge in [-0.15, -0.1) is 0 Å². The first-order valence-corrected chi connectivity index (χ1v) is 5.35. The van der Waals surface area contributed by atoms with Crippen LogP contribution in [0.4, 0.5) is 0 Å². The Balaban J connectivity index is 1.98. The number of carbonyl (C=O) groups is 1. The fourth-order valence-electron chi connectivity index (χ4n) is 2.58. The first-order valence-electron chi connectivity index (χ1n) is 5.35. The lowest BCUT2D eigenvalue weighted by Crippen LogP contribution is -2.43. The van der Waals surface area contributed by atoms with Gasteiger partial charge in [-0.1, -0.05) is 0 Å². The van der Waals surface area contributed by atoms with E-state index >= 15 is 0 Å². The third-order valence-corrected chi connectivity index (χ3v) is 3.65. The van der Waals surface area contributed by atoms with Crippen LogP contribution in [0, 0.1) is 11.3 Å². The molecule has 0 spiro atoms. The summed E-state index contributed by atoms with van der Waals surface area (Å²) in [4.78, 5) is 14.1. The summed E-state index contributed by atoms with van der Waals surface area (Å²) in [6, 6.07) is 0. The Bertz CT molecular complexity index is 238. The molecular formula is C10H19N3O. The van der Waals surface area contributed by atoms with Crippen molar-refractivity contribution in [2.75, 3.05) is 27.2 Å². The van der Waals surface area contributed by atoms with Crippen molar-refractivity contribution in [3.05, 3.63) is 0 Å². The number of carbonyl (C=O) groups excluding carboxylic acids is 1. The van der Waals surface area contributed by atoms with Crippen LogP contribution in [-0.4, -0.2) is 38.0 Å². The zero-order valence-electron chi connectivity index (χ0n) is 8.97. The second-order valence-electron chi connectivity index (χ2n) is 4.61. The van der Waals surface area contributed by atoms with E-state index in [1.807, 2.05) is 0 Å². The number of nitrogens with one attached hydrogen (secondary N) is 2. The lowest BCUT2D eigenvalue weighted by atomic mass is 9.87. The molecule has 80 valence electrons. The predicted octanol–water partition coefficient (Wildman–Crippen LogP) is -0.0311. The monoisotopic (exact) mass is 197 g/mol. The molecule has 0 bridgehead atoms. The SMILES string of the molecule is CNNC(=O)C1(C2CCN(C)C2)CC1. The van der Waals surface area contributed by atoms with Gasteiger partial charge in [0.25, 0.3) is 0 Å².